The van der Waals surface area contributed by atoms with E-state index in [1.54, 1.807) is 18.2 Å². The fourth-order valence-electron chi connectivity index (χ4n) is 2.49. The Labute approximate surface area is 178 Å². The number of aliphatic carboxylic acids is 1. The summed E-state index contributed by atoms with van der Waals surface area (Å²) >= 11 is 6.10. The maximum atomic E-state index is 13.5. The van der Waals surface area contributed by atoms with Gasteiger partial charge in [0, 0.05) is 5.56 Å². The fourth-order valence-corrected chi connectivity index (χ4v) is 3.73. The maximum absolute atomic E-state index is 13.5. The lowest BCUT2D eigenvalue weighted by molar-refractivity contribution is -0.138. The molecule has 154 valence electrons. The smallest absolute Gasteiger partial charge is 0.322 e. The molecule has 1 aromatic carbocycles. The Morgan fingerprint density at radius 1 is 1.23 bits per heavy atom. The van der Waals surface area contributed by atoms with Crippen LogP contribution in [0.3, 0.4) is 0 Å². The van der Waals surface area contributed by atoms with E-state index in [0.29, 0.717) is 17.0 Å². The van der Waals surface area contributed by atoms with E-state index in [4.69, 9.17) is 17.3 Å². The molecule has 2 aromatic rings. The summed E-state index contributed by atoms with van der Waals surface area (Å²) in [5.41, 5.74) is 1.13. The van der Waals surface area contributed by atoms with E-state index in [-0.39, 0.29) is 9.23 Å². The molecular weight excluding hydrogens is 436 g/mol. The average molecular weight is 449 g/mol. The second-order valence-electron chi connectivity index (χ2n) is 6.01. The number of nitrogens with one attached hydrogen (secondary N) is 1. The molecule has 0 bridgehead atoms. The number of amides is 2. The van der Waals surface area contributed by atoms with Gasteiger partial charge >= 0.3 is 5.97 Å². The number of benzene rings is 1. The molecular formula is C19H13F2N3O4S2. The van der Waals surface area contributed by atoms with Crippen molar-refractivity contribution in [1.29, 1.82) is 0 Å². The van der Waals surface area contributed by atoms with Crippen LogP contribution < -0.4 is 5.32 Å². The van der Waals surface area contributed by atoms with Crippen LogP contribution in [-0.4, -0.2) is 50.2 Å². The van der Waals surface area contributed by atoms with Gasteiger partial charge in [0.1, 0.15) is 17.4 Å². The van der Waals surface area contributed by atoms with Crippen molar-refractivity contribution in [1.82, 2.24) is 15.2 Å². The van der Waals surface area contributed by atoms with Crippen LogP contribution in [-0.2, 0) is 14.4 Å². The Kier molecular flexibility index (Phi) is 6.53. The number of nitrogens with zero attached hydrogens (tertiary/aromatic N) is 2. The second kappa shape index (κ2) is 9.09. The normalized spacial score (nSPS) is 15.0. The van der Waals surface area contributed by atoms with Crippen LogP contribution in [0.25, 0.3) is 17.3 Å². The average Bonchev–Trinajstić information content (AvgIpc) is 2.96. The van der Waals surface area contributed by atoms with E-state index in [0.717, 1.165) is 28.8 Å². The Morgan fingerprint density at radius 3 is 2.70 bits per heavy atom. The number of thioether (sulfide) groups is 1. The second-order valence-corrected chi connectivity index (χ2v) is 7.69. The third-order valence-electron chi connectivity index (χ3n) is 3.88. The Morgan fingerprint density at radius 2 is 2.00 bits per heavy atom. The molecule has 0 saturated carbocycles. The molecule has 0 spiro atoms. The highest BCUT2D eigenvalue weighted by atomic mass is 32.2. The van der Waals surface area contributed by atoms with Gasteiger partial charge in [-0.25, -0.2) is 13.8 Å². The predicted octanol–water partition coefficient (Wildman–Crippen LogP) is 2.43. The standard InChI is InChI=1S/C19H13F2N3O4S2/c20-12-5-4-10(6-13(12)21)14-3-1-2-11(23-14)7-15-18(28)24(19(29)30-15)9-16(25)22-8-17(26)27/h1-7H,8-9H2,(H,22,25)(H,26,27). The van der Waals surface area contributed by atoms with Crippen molar-refractivity contribution in [3.05, 3.63) is 58.6 Å². The van der Waals surface area contributed by atoms with E-state index in [1.165, 1.54) is 12.1 Å². The number of carboxylic acids is 1. The molecule has 1 aromatic heterocycles. The Bertz CT molecular complexity index is 1090. The molecule has 11 heteroatoms. The Balaban J connectivity index is 1.78. The van der Waals surface area contributed by atoms with E-state index in [2.05, 4.69) is 10.3 Å². The van der Waals surface area contributed by atoms with Gasteiger partial charge in [-0.2, -0.15) is 0 Å². The van der Waals surface area contributed by atoms with Crippen molar-refractivity contribution in [2.75, 3.05) is 13.1 Å². The van der Waals surface area contributed by atoms with Crippen LogP contribution in [0.15, 0.2) is 41.3 Å². The van der Waals surface area contributed by atoms with Crippen LogP contribution in [0.5, 0.6) is 0 Å². The number of hydrogen-bond acceptors (Lipinski definition) is 6. The zero-order chi connectivity index (χ0) is 21.8. The van der Waals surface area contributed by atoms with E-state index < -0.39 is 42.5 Å². The quantitative estimate of drug-likeness (QED) is 0.516. The monoisotopic (exact) mass is 449 g/mol. The highest BCUT2D eigenvalue weighted by Gasteiger charge is 2.33. The van der Waals surface area contributed by atoms with Crippen molar-refractivity contribution in [3.63, 3.8) is 0 Å². The SMILES string of the molecule is O=C(O)CNC(=O)CN1C(=O)C(=Cc2cccc(-c3ccc(F)c(F)c3)n2)SC1=S. The lowest BCUT2D eigenvalue weighted by Crippen LogP contribution is -2.41. The van der Waals surface area contributed by atoms with Gasteiger partial charge in [0.25, 0.3) is 5.91 Å². The minimum absolute atomic E-state index is 0.147. The first-order chi connectivity index (χ1) is 14.2. The highest BCUT2D eigenvalue weighted by Crippen LogP contribution is 2.32. The van der Waals surface area contributed by atoms with E-state index >= 15 is 0 Å². The molecule has 1 saturated heterocycles. The number of thiocarbonyl (C=S) groups is 1. The molecule has 2 N–H and O–H groups in total. The van der Waals surface area contributed by atoms with Crippen molar-refractivity contribution >= 4 is 52.2 Å². The molecule has 1 fully saturated rings. The van der Waals surface area contributed by atoms with Crippen molar-refractivity contribution < 1.29 is 28.3 Å². The minimum Gasteiger partial charge on any atom is -0.480 e. The molecule has 3 rings (SSSR count). The summed E-state index contributed by atoms with van der Waals surface area (Å²) in [5, 5.41) is 10.7. The summed E-state index contributed by atoms with van der Waals surface area (Å²) in [4.78, 5) is 40.5. The Hall–Kier alpha value is -3.18. The predicted molar refractivity (Wildman–Crippen MR) is 110 cm³/mol. The fraction of sp³-hybridized carbons (Fsp3) is 0.105. The number of carbonyl (C=O) groups is 3. The molecule has 30 heavy (non-hydrogen) atoms. The van der Waals surface area contributed by atoms with E-state index in [9.17, 15) is 23.2 Å². The first-order valence-corrected chi connectivity index (χ1v) is 9.63. The maximum Gasteiger partial charge on any atom is 0.322 e. The number of carbonyl (C=O) groups excluding carboxylic acids is 2. The van der Waals surface area contributed by atoms with Gasteiger partial charge in [0.2, 0.25) is 5.91 Å². The van der Waals surface area contributed by atoms with Crippen LogP contribution in [0, 0.1) is 11.6 Å². The van der Waals surface area contributed by atoms with Crippen LogP contribution in [0.4, 0.5) is 8.78 Å². The van der Waals surface area contributed by atoms with Gasteiger partial charge in [-0.3, -0.25) is 19.3 Å². The summed E-state index contributed by atoms with van der Waals surface area (Å²) < 4.78 is 26.8. The van der Waals surface area contributed by atoms with Gasteiger partial charge in [-0.05, 0) is 36.4 Å². The van der Waals surface area contributed by atoms with Crippen LogP contribution in [0.1, 0.15) is 5.69 Å². The number of aromatic nitrogens is 1. The number of halogens is 2. The molecule has 2 amide bonds. The third kappa shape index (κ3) is 5.05. The zero-order valence-corrected chi connectivity index (χ0v) is 16.7. The third-order valence-corrected chi connectivity index (χ3v) is 5.25. The topological polar surface area (TPSA) is 99.6 Å². The lowest BCUT2D eigenvalue weighted by atomic mass is 10.1. The molecule has 7 nitrogen and oxygen atoms in total. The molecule has 2 heterocycles. The summed E-state index contributed by atoms with van der Waals surface area (Å²) in [6.45, 7) is -0.970. The molecule has 0 atom stereocenters. The van der Waals surface area contributed by atoms with Gasteiger partial charge in [0.05, 0.1) is 16.3 Å². The number of rotatable bonds is 6. The van der Waals surface area contributed by atoms with Crippen molar-refractivity contribution in [3.8, 4) is 11.3 Å². The van der Waals surface area contributed by atoms with Gasteiger partial charge in [0.15, 0.2) is 11.6 Å². The first-order valence-electron chi connectivity index (χ1n) is 8.41. The number of carboxylic acid groups (broad SMARTS) is 1. The van der Waals surface area contributed by atoms with Crippen molar-refractivity contribution in [2.45, 2.75) is 0 Å². The molecule has 0 unspecified atom stereocenters. The summed E-state index contributed by atoms with van der Waals surface area (Å²) in [6.07, 6.45) is 1.47. The lowest BCUT2D eigenvalue weighted by Gasteiger charge is -2.13. The minimum atomic E-state index is -1.21. The highest BCUT2D eigenvalue weighted by molar-refractivity contribution is 8.26. The van der Waals surface area contributed by atoms with Crippen LogP contribution >= 0.6 is 24.0 Å². The van der Waals surface area contributed by atoms with Gasteiger partial charge < -0.3 is 10.4 Å². The molecule has 0 radical (unpaired) electrons. The van der Waals surface area contributed by atoms with E-state index in [1.807, 2.05) is 0 Å². The molecule has 1 aliphatic heterocycles. The number of hydrogen-bond donors (Lipinski definition) is 2. The first kappa shape index (κ1) is 21.5. The van der Waals surface area contributed by atoms with Gasteiger partial charge in [-0.15, -0.1) is 0 Å². The molecule has 1 aliphatic rings. The number of pyridine rings is 1. The van der Waals surface area contributed by atoms with Gasteiger partial charge in [-0.1, -0.05) is 30.0 Å². The summed E-state index contributed by atoms with van der Waals surface area (Å²) in [7, 11) is 0. The van der Waals surface area contributed by atoms with Crippen LogP contribution in [0.2, 0.25) is 0 Å². The summed E-state index contributed by atoms with van der Waals surface area (Å²) in [6, 6.07) is 8.29. The van der Waals surface area contributed by atoms with Crippen molar-refractivity contribution in [2.24, 2.45) is 0 Å². The largest absolute Gasteiger partial charge is 0.480 e. The summed E-state index contributed by atoms with van der Waals surface area (Å²) in [5.74, 6) is -4.35. The molecule has 0 aliphatic carbocycles. The zero-order valence-electron chi connectivity index (χ0n) is 15.1.